The number of carbonyl (C=O) groups is 2. The Morgan fingerprint density at radius 1 is 0.923 bits per heavy atom. The SMILES string of the molecule is C[C@@H](c1ccccc1)N1C(=O)C(c2ccc(Cl)cc2)=C(C(F)(F)F)C1=O. The highest BCUT2D eigenvalue weighted by Gasteiger charge is 2.52. The first-order chi connectivity index (χ1) is 12.2. The maximum Gasteiger partial charge on any atom is 0.422 e. The van der Waals surface area contributed by atoms with Crippen LogP contribution in [0.4, 0.5) is 13.2 Å². The Labute approximate surface area is 152 Å². The molecule has 2 aromatic carbocycles. The van der Waals surface area contributed by atoms with Crippen LogP contribution in [0, 0.1) is 0 Å². The predicted molar refractivity (Wildman–Crippen MR) is 91.1 cm³/mol. The summed E-state index contributed by atoms with van der Waals surface area (Å²) in [6.45, 7) is 1.52. The minimum Gasteiger partial charge on any atom is -0.269 e. The van der Waals surface area contributed by atoms with Crippen molar-refractivity contribution < 1.29 is 22.8 Å². The van der Waals surface area contributed by atoms with Crippen molar-refractivity contribution in [3.05, 3.63) is 76.3 Å². The van der Waals surface area contributed by atoms with E-state index in [1.54, 1.807) is 30.3 Å². The van der Waals surface area contributed by atoms with E-state index in [-0.39, 0.29) is 5.56 Å². The second kappa shape index (κ2) is 6.61. The summed E-state index contributed by atoms with van der Waals surface area (Å²) in [7, 11) is 0. The van der Waals surface area contributed by atoms with Crippen molar-refractivity contribution >= 4 is 29.0 Å². The molecule has 7 heteroatoms. The fourth-order valence-corrected chi connectivity index (χ4v) is 3.05. The van der Waals surface area contributed by atoms with Crippen molar-refractivity contribution in [2.24, 2.45) is 0 Å². The molecule has 0 saturated carbocycles. The molecule has 0 spiro atoms. The highest BCUT2D eigenvalue weighted by atomic mass is 35.5. The van der Waals surface area contributed by atoms with Crippen LogP contribution in [0.3, 0.4) is 0 Å². The summed E-state index contributed by atoms with van der Waals surface area (Å²) in [6, 6.07) is 12.9. The fraction of sp³-hybridized carbons (Fsp3) is 0.158. The van der Waals surface area contributed by atoms with Gasteiger partial charge in [-0.3, -0.25) is 14.5 Å². The van der Waals surface area contributed by atoms with Gasteiger partial charge in [-0.15, -0.1) is 0 Å². The molecule has 1 aliphatic rings. The van der Waals surface area contributed by atoms with Crippen molar-refractivity contribution in [3.8, 4) is 0 Å². The molecule has 1 atom stereocenters. The van der Waals surface area contributed by atoms with E-state index in [0.717, 1.165) is 0 Å². The molecule has 0 aromatic heterocycles. The van der Waals surface area contributed by atoms with Crippen LogP contribution in [-0.4, -0.2) is 22.9 Å². The van der Waals surface area contributed by atoms with Gasteiger partial charge in [0.05, 0.1) is 11.6 Å². The molecule has 134 valence electrons. The van der Waals surface area contributed by atoms with Crippen molar-refractivity contribution in [1.29, 1.82) is 0 Å². The average molecular weight is 380 g/mol. The van der Waals surface area contributed by atoms with Crippen LogP contribution < -0.4 is 0 Å². The van der Waals surface area contributed by atoms with Gasteiger partial charge in [0.15, 0.2) is 0 Å². The molecule has 3 rings (SSSR count). The lowest BCUT2D eigenvalue weighted by Gasteiger charge is -2.24. The normalized spacial score (nSPS) is 16.4. The lowest BCUT2D eigenvalue weighted by molar-refractivity contribution is -0.144. The number of benzene rings is 2. The zero-order valence-corrected chi connectivity index (χ0v) is 14.3. The number of nitrogens with zero attached hydrogens (tertiary/aromatic N) is 1. The van der Waals surface area contributed by atoms with Gasteiger partial charge in [-0.05, 0) is 30.2 Å². The Kier molecular flexibility index (Phi) is 4.63. The van der Waals surface area contributed by atoms with Crippen LogP contribution in [0.25, 0.3) is 5.57 Å². The van der Waals surface area contributed by atoms with Gasteiger partial charge in [-0.1, -0.05) is 54.1 Å². The summed E-state index contributed by atoms with van der Waals surface area (Å²) < 4.78 is 40.7. The van der Waals surface area contributed by atoms with E-state index in [1.165, 1.54) is 31.2 Å². The number of alkyl halides is 3. The second-order valence-electron chi connectivity index (χ2n) is 5.82. The first-order valence-electron chi connectivity index (χ1n) is 7.72. The molecule has 1 heterocycles. The van der Waals surface area contributed by atoms with Gasteiger partial charge in [-0.25, -0.2) is 0 Å². The van der Waals surface area contributed by atoms with Crippen LogP contribution in [0.2, 0.25) is 5.02 Å². The maximum absolute atomic E-state index is 13.6. The topological polar surface area (TPSA) is 37.4 Å². The molecule has 0 aliphatic carbocycles. The first-order valence-corrected chi connectivity index (χ1v) is 8.10. The fourth-order valence-electron chi connectivity index (χ4n) is 2.93. The van der Waals surface area contributed by atoms with E-state index < -0.39 is 35.2 Å². The number of amides is 2. The number of hydrogen-bond donors (Lipinski definition) is 0. The molecule has 0 saturated heterocycles. The third-order valence-corrected chi connectivity index (χ3v) is 4.45. The van der Waals surface area contributed by atoms with Gasteiger partial charge >= 0.3 is 6.18 Å². The van der Waals surface area contributed by atoms with Gasteiger partial charge in [0, 0.05) is 5.02 Å². The third kappa shape index (κ3) is 3.12. The molecule has 0 fully saturated rings. The van der Waals surface area contributed by atoms with E-state index in [1.807, 2.05) is 0 Å². The Bertz CT molecular complexity index is 889. The Balaban J connectivity index is 2.11. The largest absolute Gasteiger partial charge is 0.422 e. The smallest absolute Gasteiger partial charge is 0.269 e. The molecule has 2 amide bonds. The van der Waals surface area contributed by atoms with Crippen molar-refractivity contribution in [3.63, 3.8) is 0 Å². The number of hydrogen-bond acceptors (Lipinski definition) is 2. The van der Waals surface area contributed by atoms with E-state index in [9.17, 15) is 22.8 Å². The monoisotopic (exact) mass is 379 g/mol. The zero-order chi connectivity index (χ0) is 19.1. The van der Waals surface area contributed by atoms with Gasteiger partial charge in [0.25, 0.3) is 11.8 Å². The van der Waals surface area contributed by atoms with Gasteiger partial charge < -0.3 is 0 Å². The summed E-state index contributed by atoms with van der Waals surface area (Å²) in [5, 5.41) is 0.314. The van der Waals surface area contributed by atoms with Crippen molar-refractivity contribution in [2.45, 2.75) is 19.1 Å². The Hall–Kier alpha value is -2.60. The molecular weight excluding hydrogens is 367 g/mol. The van der Waals surface area contributed by atoms with E-state index in [2.05, 4.69) is 0 Å². The summed E-state index contributed by atoms with van der Waals surface area (Å²) in [6.07, 6.45) is -4.95. The van der Waals surface area contributed by atoms with Gasteiger partial charge in [0.2, 0.25) is 0 Å². The lowest BCUT2D eigenvalue weighted by Crippen LogP contribution is -2.35. The molecular formula is C19H13ClF3NO2. The third-order valence-electron chi connectivity index (χ3n) is 4.20. The van der Waals surface area contributed by atoms with Crippen LogP contribution in [0.5, 0.6) is 0 Å². The summed E-state index contributed by atoms with van der Waals surface area (Å²) >= 11 is 5.77. The summed E-state index contributed by atoms with van der Waals surface area (Å²) in [5.41, 5.74) is -1.54. The Morgan fingerprint density at radius 2 is 1.50 bits per heavy atom. The molecule has 0 radical (unpaired) electrons. The molecule has 0 bridgehead atoms. The van der Waals surface area contributed by atoms with E-state index in [0.29, 0.717) is 15.5 Å². The maximum atomic E-state index is 13.6. The lowest BCUT2D eigenvalue weighted by atomic mass is 10.0. The van der Waals surface area contributed by atoms with Crippen LogP contribution in [-0.2, 0) is 9.59 Å². The second-order valence-corrected chi connectivity index (χ2v) is 6.26. The minimum absolute atomic E-state index is 0.00263. The number of imide groups is 1. The number of carbonyl (C=O) groups excluding carboxylic acids is 2. The van der Waals surface area contributed by atoms with E-state index >= 15 is 0 Å². The minimum atomic E-state index is -4.95. The Morgan fingerprint density at radius 3 is 2.04 bits per heavy atom. The zero-order valence-electron chi connectivity index (χ0n) is 13.5. The number of rotatable bonds is 3. The highest BCUT2D eigenvalue weighted by molar-refractivity contribution is 6.36. The van der Waals surface area contributed by atoms with Gasteiger partial charge in [-0.2, -0.15) is 13.2 Å². The molecule has 0 N–H and O–H groups in total. The standard InChI is InChI=1S/C19H13ClF3NO2/c1-11(12-5-3-2-4-6-12)24-17(25)15(13-7-9-14(20)10-8-13)16(18(24)26)19(21,22)23/h2-11H,1H3/t11-/m0/s1. The summed E-state index contributed by atoms with van der Waals surface area (Å²) in [4.78, 5) is 26.0. The van der Waals surface area contributed by atoms with Crippen molar-refractivity contribution in [2.75, 3.05) is 0 Å². The van der Waals surface area contributed by atoms with Crippen LogP contribution in [0.15, 0.2) is 60.2 Å². The molecule has 3 nitrogen and oxygen atoms in total. The highest BCUT2D eigenvalue weighted by Crippen LogP contribution is 2.42. The molecule has 0 unspecified atom stereocenters. The summed E-state index contributed by atoms with van der Waals surface area (Å²) in [5.74, 6) is -2.31. The number of halogens is 4. The van der Waals surface area contributed by atoms with E-state index in [4.69, 9.17) is 11.6 Å². The van der Waals surface area contributed by atoms with Crippen LogP contribution >= 0.6 is 11.6 Å². The first kappa shape index (κ1) is 18.2. The molecule has 2 aromatic rings. The van der Waals surface area contributed by atoms with Crippen LogP contribution in [0.1, 0.15) is 24.1 Å². The average Bonchev–Trinajstić information content (AvgIpc) is 2.86. The predicted octanol–water partition coefficient (Wildman–Crippen LogP) is 4.79. The van der Waals surface area contributed by atoms with Crippen molar-refractivity contribution in [1.82, 2.24) is 4.90 Å². The molecule has 1 aliphatic heterocycles. The van der Waals surface area contributed by atoms with Gasteiger partial charge in [0.1, 0.15) is 5.57 Å². The molecule has 26 heavy (non-hydrogen) atoms. The quantitative estimate of drug-likeness (QED) is 0.719.